The molecule has 1 saturated carbocycles. The van der Waals surface area contributed by atoms with Gasteiger partial charge in [-0.2, -0.15) is 13.2 Å². The number of anilines is 1. The number of alkyl halides is 3. The van der Waals surface area contributed by atoms with Gasteiger partial charge in [0.05, 0.1) is 0 Å². The Morgan fingerprint density at radius 2 is 2.17 bits per heavy atom. The average Bonchev–Trinajstić information content (AvgIpc) is 3.00. The van der Waals surface area contributed by atoms with Crippen molar-refractivity contribution < 1.29 is 13.2 Å². The summed E-state index contributed by atoms with van der Waals surface area (Å²) in [5.41, 5.74) is 0. The first-order valence-corrected chi connectivity index (χ1v) is 6.32. The van der Waals surface area contributed by atoms with Crippen molar-refractivity contribution in [3.63, 3.8) is 0 Å². The van der Waals surface area contributed by atoms with Gasteiger partial charge in [0.2, 0.25) is 5.95 Å². The van der Waals surface area contributed by atoms with E-state index in [4.69, 9.17) is 12.2 Å². The number of halogens is 3. The molecule has 1 aromatic heterocycles. The van der Waals surface area contributed by atoms with Gasteiger partial charge in [0, 0.05) is 12.6 Å². The second kappa shape index (κ2) is 4.91. The zero-order valence-electron chi connectivity index (χ0n) is 10.00. The van der Waals surface area contributed by atoms with Gasteiger partial charge in [-0.05, 0) is 31.5 Å². The van der Waals surface area contributed by atoms with Crippen molar-refractivity contribution in [2.75, 3.05) is 18.0 Å². The summed E-state index contributed by atoms with van der Waals surface area (Å²) in [6.07, 6.45) is -1.71. The van der Waals surface area contributed by atoms with Crippen molar-refractivity contribution in [3.05, 3.63) is 4.77 Å². The second-order valence-corrected chi connectivity index (χ2v) is 4.85. The van der Waals surface area contributed by atoms with Crippen LogP contribution >= 0.6 is 12.2 Å². The molecule has 0 radical (unpaired) electrons. The molecule has 0 unspecified atom stereocenters. The third-order valence-electron chi connectivity index (χ3n) is 2.74. The second-order valence-electron chi connectivity index (χ2n) is 4.47. The molecule has 1 heterocycles. The Morgan fingerprint density at radius 3 is 2.67 bits per heavy atom. The maximum absolute atomic E-state index is 12.6. The molecule has 102 valence electrons. The number of hydrogen-bond donors (Lipinski definition) is 1. The Kier molecular flexibility index (Phi) is 3.65. The quantitative estimate of drug-likeness (QED) is 0.842. The minimum absolute atomic E-state index is 0.207. The number of aromatic amines is 1. The van der Waals surface area contributed by atoms with E-state index in [1.807, 2.05) is 6.92 Å². The van der Waals surface area contributed by atoms with E-state index < -0.39 is 12.7 Å². The minimum atomic E-state index is -4.24. The van der Waals surface area contributed by atoms with Crippen LogP contribution in [0.4, 0.5) is 19.1 Å². The van der Waals surface area contributed by atoms with Crippen LogP contribution in [-0.2, 0) is 0 Å². The number of aromatic nitrogens is 3. The molecular formula is C10H15F3N4S. The maximum atomic E-state index is 12.6. The van der Waals surface area contributed by atoms with Crippen LogP contribution in [0.25, 0.3) is 0 Å². The smallest absolute Gasteiger partial charge is 0.332 e. The molecule has 0 bridgehead atoms. The third kappa shape index (κ3) is 3.04. The van der Waals surface area contributed by atoms with Crippen molar-refractivity contribution in [2.24, 2.45) is 0 Å². The molecule has 18 heavy (non-hydrogen) atoms. The number of rotatable bonds is 5. The molecule has 2 rings (SSSR count). The summed E-state index contributed by atoms with van der Waals surface area (Å²) < 4.78 is 39.8. The van der Waals surface area contributed by atoms with Crippen LogP contribution < -0.4 is 4.90 Å². The van der Waals surface area contributed by atoms with Crippen molar-refractivity contribution in [3.8, 4) is 0 Å². The summed E-state index contributed by atoms with van der Waals surface area (Å²) in [5.74, 6) is 0.307. The van der Waals surface area contributed by atoms with Gasteiger partial charge in [-0.3, -0.25) is 4.57 Å². The van der Waals surface area contributed by atoms with Gasteiger partial charge in [0.1, 0.15) is 6.54 Å². The van der Waals surface area contributed by atoms with E-state index in [0.29, 0.717) is 23.7 Å². The van der Waals surface area contributed by atoms with E-state index in [1.54, 1.807) is 4.57 Å². The monoisotopic (exact) mass is 280 g/mol. The number of nitrogens with zero attached hydrogens (tertiary/aromatic N) is 3. The molecule has 1 aliphatic rings. The molecule has 0 saturated heterocycles. The van der Waals surface area contributed by atoms with Crippen molar-refractivity contribution in [1.82, 2.24) is 14.8 Å². The number of nitrogens with one attached hydrogen (secondary N) is 1. The van der Waals surface area contributed by atoms with Crippen LogP contribution in [0.2, 0.25) is 0 Å². The van der Waals surface area contributed by atoms with Crippen LogP contribution in [-0.4, -0.2) is 34.0 Å². The molecule has 1 aromatic rings. The first-order chi connectivity index (χ1) is 8.42. The fourth-order valence-corrected chi connectivity index (χ4v) is 2.19. The summed E-state index contributed by atoms with van der Waals surface area (Å²) in [5, 5.41) is 6.54. The van der Waals surface area contributed by atoms with Gasteiger partial charge in [-0.25, -0.2) is 5.10 Å². The van der Waals surface area contributed by atoms with Gasteiger partial charge in [-0.1, -0.05) is 6.92 Å². The predicted molar refractivity (Wildman–Crippen MR) is 64.2 cm³/mol. The summed E-state index contributed by atoms with van der Waals surface area (Å²) in [7, 11) is 0. The van der Waals surface area contributed by atoms with Gasteiger partial charge in [0.25, 0.3) is 0 Å². The first kappa shape index (κ1) is 13.4. The highest BCUT2D eigenvalue weighted by molar-refractivity contribution is 7.71. The Bertz CT molecular complexity index is 460. The zero-order chi connectivity index (χ0) is 13.3. The normalized spacial score (nSPS) is 16.0. The first-order valence-electron chi connectivity index (χ1n) is 5.91. The van der Waals surface area contributed by atoms with Crippen LogP contribution in [0.1, 0.15) is 32.2 Å². The highest BCUT2D eigenvalue weighted by Gasteiger charge is 2.35. The van der Waals surface area contributed by atoms with E-state index in [2.05, 4.69) is 10.2 Å². The zero-order valence-corrected chi connectivity index (χ0v) is 10.8. The fourth-order valence-electron chi connectivity index (χ4n) is 1.92. The lowest BCUT2D eigenvalue weighted by atomic mass is 10.4. The average molecular weight is 280 g/mol. The molecule has 1 aliphatic carbocycles. The predicted octanol–water partition coefficient (Wildman–Crippen LogP) is 3.05. The SMILES string of the molecule is CCCN(CC(F)(F)F)c1n[nH]c(=S)n1C1CC1. The Hall–Kier alpha value is -1.05. The Balaban J connectivity index is 2.27. The minimum Gasteiger partial charge on any atom is -0.332 e. The van der Waals surface area contributed by atoms with E-state index in [1.165, 1.54) is 4.90 Å². The number of hydrogen-bond acceptors (Lipinski definition) is 3. The molecule has 0 aromatic carbocycles. The Morgan fingerprint density at radius 1 is 1.50 bits per heavy atom. The summed E-state index contributed by atoms with van der Waals surface area (Å²) >= 11 is 5.07. The van der Waals surface area contributed by atoms with E-state index in [9.17, 15) is 13.2 Å². The summed E-state index contributed by atoms with van der Waals surface area (Å²) in [6.45, 7) is 1.16. The third-order valence-corrected chi connectivity index (χ3v) is 3.03. The molecule has 0 amide bonds. The number of H-pyrrole nitrogens is 1. The maximum Gasteiger partial charge on any atom is 0.406 e. The van der Waals surface area contributed by atoms with Gasteiger partial charge >= 0.3 is 6.18 Å². The van der Waals surface area contributed by atoms with E-state index >= 15 is 0 Å². The van der Waals surface area contributed by atoms with Gasteiger partial charge < -0.3 is 4.90 Å². The molecular weight excluding hydrogens is 265 g/mol. The molecule has 0 atom stereocenters. The lowest BCUT2D eigenvalue weighted by Gasteiger charge is -2.24. The summed E-state index contributed by atoms with van der Waals surface area (Å²) in [6, 6.07) is 0.207. The molecule has 1 N–H and O–H groups in total. The van der Waals surface area contributed by atoms with Gasteiger partial charge in [-0.15, -0.1) is 5.10 Å². The fraction of sp³-hybridized carbons (Fsp3) is 0.800. The lowest BCUT2D eigenvalue weighted by Crippen LogP contribution is -2.36. The highest BCUT2D eigenvalue weighted by atomic mass is 32.1. The molecule has 0 aliphatic heterocycles. The molecule has 4 nitrogen and oxygen atoms in total. The van der Waals surface area contributed by atoms with Crippen LogP contribution in [0.15, 0.2) is 0 Å². The van der Waals surface area contributed by atoms with Gasteiger partial charge in [0.15, 0.2) is 4.77 Å². The standard InChI is InChI=1S/C10H15F3N4S/c1-2-5-16(6-10(11,12)13)8-14-15-9(18)17(8)7-3-4-7/h7H,2-6H2,1H3,(H,15,18). The summed E-state index contributed by atoms with van der Waals surface area (Å²) in [4.78, 5) is 1.24. The molecule has 0 spiro atoms. The van der Waals surface area contributed by atoms with E-state index in [0.717, 1.165) is 12.8 Å². The molecule has 1 fully saturated rings. The van der Waals surface area contributed by atoms with Crippen LogP contribution in [0.5, 0.6) is 0 Å². The van der Waals surface area contributed by atoms with Crippen LogP contribution in [0, 0.1) is 4.77 Å². The largest absolute Gasteiger partial charge is 0.406 e. The van der Waals surface area contributed by atoms with Crippen molar-refractivity contribution in [1.29, 1.82) is 0 Å². The van der Waals surface area contributed by atoms with E-state index in [-0.39, 0.29) is 6.04 Å². The topological polar surface area (TPSA) is 36.9 Å². The lowest BCUT2D eigenvalue weighted by molar-refractivity contribution is -0.119. The Labute approximate surface area is 108 Å². The van der Waals surface area contributed by atoms with Crippen molar-refractivity contribution in [2.45, 2.75) is 38.4 Å². The highest BCUT2D eigenvalue weighted by Crippen LogP contribution is 2.38. The molecule has 8 heteroatoms. The van der Waals surface area contributed by atoms with Crippen LogP contribution in [0.3, 0.4) is 0 Å². The van der Waals surface area contributed by atoms with Crippen molar-refractivity contribution >= 4 is 18.2 Å².